The van der Waals surface area contributed by atoms with Crippen LogP contribution in [-0.4, -0.2) is 0 Å². The van der Waals surface area contributed by atoms with Gasteiger partial charge in [0.15, 0.2) is 0 Å². The lowest BCUT2D eigenvalue weighted by Gasteiger charge is -2.32. The summed E-state index contributed by atoms with van der Waals surface area (Å²) in [5, 5.41) is 2.27. The Morgan fingerprint density at radius 2 is 1.07 bits per heavy atom. The maximum absolute atomic E-state index is 6.12. The van der Waals surface area contributed by atoms with Crippen LogP contribution in [0, 0.1) is 0 Å². The number of hydrogen-bond acceptors (Lipinski definition) is 2. The van der Waals surface area contributed by atoms with E-state index in [2.05, 4.69) is 201 Å². The highest BCUT2D eigenvalue weighted by molar-refractivity contribution is 6.06. The van der Waals surface area contributed by atoms with Gasteiger partial charge < -0.3 is 9.32 Å². The number of rotatable bonds is 6. The van der Waals surface area contributed by atoms with Crippen molar-refractivity contribution in [1.29, 1.82) is 0 Å². The van der Waals surface area contributed by atoms with Crippen LogP contribution in [0.25, 0.3) is 55.3 Å². The topological polar surface area (TPSA) is 16.4 Å². The van der Waals surface area contributed by atoms with Gasteiger partial charge in [-0.15, -0.1) is 0 Å². The average molecular weight is 696 g/mol. The molecular weight excluding hydrogens is 655 g/mol. The number of fused-ring (bicyclic) bond motifs is 4. The van der Waals surface area contributed by atoms with Crippen LogP contribution in [0.5, 0.6) is 0 Å². The summed E-state index contributed by atoms with van der Waals surface area (Å²) in [7, 11) is 0. The van der Waals surface area contributed by atoms with Crippen molar-refractivity contribution in [2.75, 3.05) is 4.90 Å². The van der Waals surface area contributed by atoms with Gasteiger partial charge in [0, 0.05) is 33.2 Å². The molecule has 0 amide bonds. The molecule has 54 heavy (non-hydrogen) atoms. The molecular formula is C52H41NO. The predicted molar refractivity (Wildman–Crippen MR) is 229 cm³/mol. The summed E-state index contributed by atoms with van der Waals surface area (Å²) in [6.45, 7) is 9.06. The molecule has 260 valence electrons. The Bertz CT molecular complexity index is 2710. The van der Waals surface area contributed by atoms with Gasteiger partial charge in [-0.2, -0.15) is 0 Å². The summed E-state index contributed by atoms with van der Waals surface area (Å²) in [4.78, 5) is 2.37. The molecule has 0 aliphatic heterocycles. The van der Waals surface area contributed by atoms with Crippen LogP contribution in [-0.2, 0) is 11.8 Å². The molecule has 0 saturated heterocycles. The molecule has 1 aliphatic carbocycles. The highest BCUT2D eigenvalue weighted by Gasteiger charge is 2.27. The van der Waals surface area contributed by atoms with Gasteiger partial charge >= 0.3 is 0 Å². The van der Waals surface area contributed by atoms with Crippen molar-refractivity contribution in [3.05, 3.63) is 211 Å². The Morgan fingerprint density at radius 3 is 1.80 bits per heavy atom. The smallest absolute Gasteiger partial charge is 0.135 e. The summed E-state index contributed by atoms with van der Waals surface area (Å²) in [6, 6.07) is 58.9. The lowest BCUT2D eigenvalue weighted by molar-refractivity contribution is 0.635. The molecule has 1 aliphatic rings. The van der Waals surface area contributed by atoms with E-state index in [1.165, 1.54) is 33.4 Å². The van der Waals surface area contributed by atoms with Crippen molar-refractivity contribution < 1.29 is 4.42 Å². The maximum Gasteiger partial charge on any atom is 0.135 e. The minimum Gasteiger partial charge on any atom is -0.456 e. The first kappa shape index (κ1) is 33.2. The fraction of sp³-hybridized carbons (Fsp3) is 0.0769. The van der Waals surface area contributed by atoms with E-state index in [4.69, 9.17) is 4.42 Å². The Hall–Kier alpha value is -6.64. The van der Waals surface area contributed by atoms with Gasteiger partial charge in [0.2, 0.25) is 0 Å². The molecule has 0 spiro atoms. The monoisotopic (exact) mass is 695 g/mol. The third kappa shape index (κ3) is 6.16. The summed E-state index contributed by atoms with van der Waals surface area (Å²) in [5.41, 5.74) is 15.7. The minimum atomic E-state index is -0.243. The molecule has 0 unspecified atom stereocenters. The highest BCUT2D eigenvalue weighted by Crippen LogP contribution is 2.42. The Kier molecular flexibility index (Phi) is 8.44. The first-order valence-corrected chi connectivity index (χ1v) is 18.7. The fourth-order valence-electron chi connectivity index (χ4n) is 7.76. The molecule has 0 saturated carbocycles. The summed E-state index contributed by atoms with van der Waals surface area (Å²) in [6.07, 6.45) is 9.48. The first-order valence-electron chi connectivity index (χ1n) is 18.7. The van der Waals surface area contributed by atoms with Crippen LogP contribution >= 0.6 is 0 Å². The van der Waals surface area contributed by atoms with Crippen molar-refractivity contribution >= 4 is 39.0 Å². The molecule has 0 atom stereocenters. The SMILES string of the molecule is C=C1/C=C\C=C/Cc2ccc(N(c3ccc(-c4cccc(-c5ccccc5)c4)cc3)c3ccc(-c4ccc5oc6ccccc6c5c4)cc3)cc2C1(C)C. The molecule has 1 aromatic heterocycles. The normalized spacial score (nSPS) is 14.9. The summed E-state index contributed by atoms with van der Waals surface area (Å²) < 4.78 is 6.12. The second kappa shape index (κ2) is 13.7. The quantitative estimate of drug-likeness (QED) is 0.172. The number of nitrogens with zero attached hydrogens (tertiary/aromatic N) is 1. The highest BCUT2D eigenvalue weighted by atomic mass is 16.3. The molecule has 2 heteroatoms. The van der Waals surface area contributed by atoms with Crippen molar-refractivity contribution in [2.45, 2.75) is 25.7 Å². The minimum absolute atomic E-state index is 0.243. The third-order valence-electron chi connectivity index (χ3n) is 11.0. The number of para-hydroxylation sites is 1. The van der Waals surface area contributed by atoms with Crippen molar-refractivity contribution in [2.24, 2.45) is 0 Å². The van der Waals surface area contributed by atoms with Gasteiger partial charge in [-0.1, -0.05) is 148 Å². The van der Waals surface area contributed by atoms with Gasteiger partial charge in [0.25, 0.3) is 0 Å². The average Bonchev–Trinajstić information content (AvgIpc) is 3.61. The van der Waals surface area contributed by atoms with E-state index in [-0.39, 0.29) is 5.41 Å². The van der Waals surface area contributed by atoms with E-state index in [1.54, 1.807) is 0 Å². The summed E-state index contributed by atoms with van der Waals surface area (Å²) >= 11 is 0. The van der Waals surface area contributed by atoms with Gasteiger partial charge in [0.1, 0.15) is 11.2 Å². The van der Waals surface area contributed by atoms with Gasteiger partial charge in [-0.25, -0.2) is 0 Å². The lowest BCUT2D eigenvalue weighted by Crippen LogP contribution is -2.21. The number of allylic oxidation sites excluding steroid dienone is 5. The molecule has 2 nitrogen and oxygen atoms in total. The molecule has 0 N–H and O–H groups in total. The van der Waals surface area contributed by atoms with Crippen LogP contribution in [0.1, 0.15) is 25.0 Å². The molecule has 8 aromatic rings. The summed E-state index contributed by atoms with van der Waals surface area (Å²) in [5.74, 6) is 0. The first-order chi connectivity index (χ1) is 26.4. The zero-order valence-corrected chi connectivity index (χ0v) is 30.7. The molecule has 0 bridgehead atoms. The van der Waals surface area contributed by atoms with E-state index in [1.807, 2.05) is 12.1 Å². The number of anilines is 3. The zero-order valence-electron chi connectivity index (χ0n) is 30.7. The number of furan rings is 1. The maximum atomic E-state index is 6.12. The van der Waals surface area contributed by atoms with Crippen LogP contribution in [0.3, 0.4) is 0 Å². The van der Waals surface area contributed by atoms with E-state index >= 15 is 0 Å². The molecule has 1 heterocycles. The molecule has 0 fully saturated rings. The second-order valence-electron chi connectivity index (χ2n) is 14.7. The van der Waals surface area contributed by atoms with Crippen molar-refractivity contribution in [3.8, 4) is 33.4 Å². The van der Waals surface area contributed by atoms with Crippen LogP contribution < -0.4 is 4.90 Å². The molecule has 7 aromatic carbocycles. The van der Waals surface area contributed by atoms with E-state index in [9.17, 15) is 0 Å². The third-order valence-corrected chi connectivity index (χ3v) is 11.0. The number of hydrogen-bond donors (Lipinski definition) is 0. The zero-order chi connectivity index (χ0) is 36.6. The largest absolute Gasteiger partial charge is 0.456 e. The van der Waals surface area contributed by atoms with Crippen molar-refractivity contribution in [3.63, 3.8) is 0 Å². The van der Waals surface area contributed by atoms with Crippen LogP contribution in [0.15, 0.2) is 205 Å². The van der Waals surface area contributed by atoms with E-state index in [0.717, 1.165) is 62.1 Å². The van der Waals surface area contributed by atoms with E-state index in [0.29, 0.717) is 0 Å². The molecule has 9 rings (SSSR count). The van der Waals surface area contributed by atoms with Gasteiger partial charge in [-0.3, -0.25) is 0 Å². The standard InChI is InChI=1S/C52H41NO/c1-36-13-6-4-9-16-40-25-31-46(35-49(40)52(36,2)3)53(44-27-21-38(22-28-44)42-18-12-17-41(33-42)37-14-7-5-8-15-37)45-29-23-39(24-30-45)43-26-32-51-48(34-43)47-19-10-11-20-50(47)54-51/h4-15,17-35H,1,16H2,2-3H3/b9-4-,13-6-. The lowest BCUT2D eigenvalue weighted by atomic mass is 9.75. The Balaban J connectivity index is 1.13. The van der Waals surface area contributed by atoms with Crippen molar-refractivity contribution in [1.82, 2.24) is 0 Å². The second-order valence-corrected chi connectivity index (χ2v) is 14.7. The van der Waals surface area contributed by atoms with Crippen LogP contribution in [0.2, 0.25) is 0 Å². The predicted octanol–water partition coefficient (Wildman–Crippen LogP) is 14.6. The molecule has 0 radical (unpaired) electrons. The number of benzene rings is 7. The van der Waals surface area contributed by atoms with E-state index < -0.39 is 0 Å². The Morgan fingerprint density at radius 1 is 0.500 bits per heavy atom. The van der Waals surface area contributed by atoms with Crippen LogP contribution in [0.4, 0.5) is 17.1 Å². The Labute approximate surface area is 317 Å². The van der Waals surface area contributed by atoms with Gasteiger partial charge in [-0.05, 0) is 117 Å². The van der Waals surface area contributed by atoms with Gasteiger partial charge in [0.05, 0.1) is 0 Å². The fourth-order valence-corrected chi connectivity index (χ4v) is 7.76.